The van der Waals surface area contributed by atoms with Crippen molar-refractivity contribution in [2.45, 2.75) is 31.5 Å². The molecule has 158 valence electrons. The van der Waals surface area contributed by atoms with E-state index in [0.29, 0.717) is 23.5 Å². The highest BCUT2D eigenvalue weighted by atomic mass is 19.4. The predicted octanol–water partition coefficient (Wildman–Crippen LogP) is 5.29. The molecule has 3 aromatic rings. The van der Waals surface area contributed by atoms with Crippen molar-refractivity contribution in [1.82, 2.24) is 14.9 Å². The van der Waals surface area contributed by atoms with Gasteiger partial charge in [-0.15, -0.1) is 0 Å². The van der Waals surface area contributed by atoms with Crippen LogP contribution in [-0.2, 0) is 6.18 Å². The van der Waals surface area contributed by atoms with Gasteiger partial charge in [0.25, 0.3) is 0 Å². The molecule has 0 amide bonds. The summed E-state index contributed by atoms with van der Waals surface area (Å²) >= 11 is 0. The van der Waals surface area contributed by atoms with Gasteiger partial charge in [0.05, 0.1) is 11.1 Å². The van der Waals surface area contributed by atoms with Crippen molar-refractivity contribution in [3.63, 3.8) is 0 Å². The summed E-state index contributed by atoms with van der Waals surface area (Å²) in [6.45, 7) is 1.89. The Morgan fingerprint density at radius 3 is 2.53 bits per heavy atom. The van der Waals surface area contributed by atoms with Crippen molar-refractivity contribution in [3.8, 4) is 0 Å². The molecule has 2 aromatic carbocycles. The SMILES string of the molecule is CN1CCCC1CCNc1nc(Nc2ccc(C(F)(F)F)cc2)c2ccccc2n1. The van der Waals surface area contributed by atoms with Gasteiger partial charge in [0.15, 0.2) is 0 Å². The van der Waals surface area contributed by atoms with Crippen molar-refractivity contribution < 1.29 is 13.2 Å². The number of benzene rings is 2. The fourth-order valence-electron chi connectivity index (χ4n) is 3.82. The third kappa shape index (κ3) is 4.64. The van der Waals surface area contributed by atoms with E-state index in [9.17, 15) is 13.2 Å². The summed E-state index contributed by atoms with van der Waals surface area (Å²) < 4.78 is 38.4. The second-order valence-electron chi connectivity index (χ2n) is 7.61. The van der Waals surface area contributed by atoms with E-state index in [-0.39, 0.29) is 0 Å². The number of aromatic nitrogens is 2. The fourth-order valence-corrected chi connectivity index (χ4v) is 3.82. The molecule has 1 aromatic heterocycles. The molecule has 0 spiro atoms. The first kappa shape index (κ1) is 20.4. The number of halogens is 3. The minimum Gasteiger partial charge on any atom is -0.354 e. The van der Waals surface area contributed by atoms with E-state index >= 15 is 0 Å². The third-order valence-electron chi connectivity index (χ3n) is 5.51. The summed E-state index contributed by atoms with van der Waals surface area (Å²) in [5, 5.41) is 7.24. The molecule has 1 aliphatic heterocycles. The lowest BCUT2D eigenvalue weighted by atomic mass is 10.1. The largest absolute Gasteiger partial charge is 0.416 e. The maximum Gasteiger partial charge on any atom is 0.416 e. The highest BCUT2D eigenvalue weighted by Crippen LogP contribution is 2.31. The molecule has 1 atom stereocenters. The first-order valence-corrected chi connectivity index (χ1v) is 10.1. The van der Waals surface area contributed by atoms with Crippen LogP contribution in [0, 0.1) is 0 Å². The molecule has 1 saturated heterocycles. The molecule has 1 fully saturated rings. The molecule has 8 heteroatoms. The van der Waals surface area contributed by atoms with Crippen molar-refractivity contribution in [2.24, 2.45) is 0 Å². The smallest absolute Gasteiger partial charge is 0.354 e. The van der Waals surface area contributed by atoms with Crippen molar-refractivity contribution in [3.05, 3.63) is 54.1 Å². The fraction of sp³-hybridized carbons (Fsp3) is 0.364. The summed E-state index contributed by atoms with van der Waals surface area (Å²) in [7, 11) is 2.15. The van der Waals surface area contributed by atoms with Crippen LogP contribution in [-0.4, -0.2) is 41.0 Å². The van der Waals surface area contributed by atoms with Gasteiger partial charge in [-0.2, -0.15) is 18.2 Å². The number of likely N-dealkylation sites (tertiary alicyclic amines) is 1. The minimum atomic E-state index is -4.36. The number of hydrogen-bond donors (Lipinski definition) is 2. The zero-order valence-electron chi connectivity index (χ0n) is 16.7. The van der Waals surface area contributed by atoms with Gasteiger partial charge in [-0.1, -0.05) is 12.1 Å². The van der Waals surface area contributed by atoms with Crippen LogP contribution in [0.15, 0.2) is 48.5 Å². The molecule has 0 aliphatic carbocycles. The van der Waals surface area contributed by atoms with Gasteiger partial charge in [0.1, 0.15) is 5.82 Å². The van der Waals surface area contributed by atoms with Crippen LogP contribution in [0.25, 0.3) is 10.9 Å². The molecule has 1 aliphatic rings. The summed E-state index contributed by atoms with van der Waals surface area (Å²) in [5.41, 5.74) is 0.618. The monoisotopic (exact) mass is 415 g/mol. The van der Waals surface area contributed by atoms with E-state index in [1.807, 2.05) is 24.3 Å². The lowest BCUT2D eigenvalue weighted by Crippen LogP contribution is -2.27. The van der Waals surface area contributed by atoms with Gasteiger partial charge in [0, 0.05) is 23.7 Å². The normalized spacial score (nSPS) is 17.4. The molecule has 4 rings (SSSR count). The van der Waals surface area contributed by atoms with E-state index < -0.39 is 11.7 Å². The number of hydrogen-bond acceptors (Lipinski definition) is 5. The maximum atomic E-state index is 12.8. The predicted molar refractivity (Wildman–Crippen MR) is 113 cm³/mol. The van der Waals surface area contributed by atoms with E-state index in [2.05, 4.69) is 32.5 Å². The maximum absolute atomic E-state index is 12.8. The number of fused-ring (bicyclic) bond motifs is 1. The lowest BCUT2D eigenvalue weighted by molar-refractivity contribution is -0.137. The van der Waals surface area contributed by atoms with E-state index in [1.54, 1.807) is 0 Å². The van der Waals surface area contributed by atoms with Crippen LogP contribution >= 0.6 is 0 Å². The molecule has 2 heterocycles. The average molecular weight is 415 g/mol. The van der Waals surface area contributed by atoms with Crippen LogP contribution < -0.4 is 10.6 Å². The number of nitrogens with zero attached hydrogens (tertiary/aromatic N) is 3. The molecule has 0 bridgehead atoms. The van der Waals surface area contributed by atoms with Crippen LogP contribution in [0.2, 0.25) is 0 Å². The molecule has 30 heavy (non-hydrogen) atoms. The summed E-state index contributed by atoms with van der Waals surface area (Å²) in [6, 6.07) is 13.1. The molecular weight excluding hydrogens is 391 g/mol. The Bertz CT molecular complexity index is 1000. The van der Waals surface area contributed by atoms with Crippen LogP contribution in [0.5, 0.6) is 0 Å². The molecule has 2 N–H and O–H groups in total. The molecule has 1 unspecified atom stereocenters. The lowest BCUT2D eigenvalue weighted by Gasteiger charge is -2.19. The first-order chi connectivity index (χ1) is 14.4. The van der Waals surface area contributed by atoms with E-state index in [1.165, 1.54) is 25.0 Å². The van der Waals surface area contributed by atoms with Gasteiger partial charge in [0.2, 0.25) is 5.95 Å². The van der Waals surface area contributed by atoms with Gasteiger partial charge in [-0.05, 0) is 69.3 Å². The van der Waals surface area contributed by atoms with E-state index in [4.69, 9.17) is 0 Å². The van der Waals surface area contributed by atoms with Gasteiger partial charge in [-0.3, -0.25) is 0 Å². The highest BCUT2D eigenvalue weighted by molar-refractivity contribution is 5.91. The van der Waals surface area contributed by atoms with Crippen LogP contribution in [0.3, 0.4) is 0 Å². The van der Waals surface area contributed by atoms with Crippen LogP contribution in [0.4, 0.5) is 30.6 Å². The van der Waals surface area contributed by atoms with Crippen molar-refractivity contribution in [2.75, 3.05) is 30.8 Å². The van der Waals surface area contributed by atoms with E-state index in [0.717, 1.165) is 42.5 Å². The Kier molecular flexibility index (Phi) is 5.76. The molecule has 5 nitrogen and oxygen atoms in total. The summed E-state index contributed by atoms with van der Waals surface area (Å²) in [5.74, 6) is 1.06. The quantitative estimate of drug-likeness (QED) is 0.573. The van der Waals surface area contributed by atoms with Crippen molar-refractivity contribution >= 4 is 28.4 Å². The Labute approximate surface area is 173 Å². The molecular formula is C22H24F3N5. The zero-order chi connectivity index (χ0) is 21.1. The summed E-state index contributed by atoms with van der Waals surface area (Å²) in [6.07, 6.45) is -0.911. The number of anilines is 3. The first-order valence-electron chi connectivity index (χ1n) is 10.1. The number of alkyl halides is 3. The standard InChI is InChI=1S/C22H24F3N5/c1-30-14-4-5-17(30)12-13-26-21-28-19-7-3-2-6-18(19)20(29-21)27-16-10-8-15(9-11-16)22(23,24)25/h2-3,6-11,17H,4-5,12-14H2,1H3,(H2,26,27,28,29). The number of rotatable bonds is 6. The third-order valence-corrected chi connectivity index (χ3v) is 5.51. The average Bonchev–Trinajstić information content (AvgIpc) is 3.12. The topological polar surface area (TPSA) is 53.1 Å². The summed E-state index contributed by atoms with van der Waals surface area (Å²) in [4.78, 5) is 11.5. The zero-order valence-corrected chi connectivity index (χ0v) is 16.7. The highest BCUT2D eigenvalue weighted by Gasteiger charge is 2.30. The van der Waals surface area contributed by atoms with Gasteiger partial charge in [-0.25, -0.2) is 4.98 Å². The number of para-hydroxylation sites is 1. The second kappa shape index (κ2) is 8.47. The second-order valence-corrected chi connectivity index (χ2v) is 7.61. The van der Waals surface area contributed by atoms with Gasteiger partial charge < -0.3 is 15.5 Å². The molecule has 0 saturated carbocycles. The Morgan fingerprint density at radius 1 is 1.07 bits per heavy atom. The van der Waals surface area contributed by atoms with Crippen molar-refractivity contribution in [1.29, 1.82) is 0 Å². The molecule has 0 radical (unpaired) electrons. The Hall–Kier alpha value is -2.87. The van der Waals surface area contributed by atoms with Crippen LogP contribution in [0.1, 0.15) is 24.8 Å². The number of nitrogens with one attached hydrogen (secondary N) is 2. The minimum absolute atomic E-state index is 0.503. The Balaban J connectivity index is 1.52. The van der Waals surface area contributed by atoms with Gasteiger partial charge >= 0.3 is 6.18 Å². The Morgan fingerprint density at radius 2 is 1.83 bits per heavy atom.